The fourth-order valence-electron chi connectivity index (χ4n) is 1.11. The fraction of sp³-hybridized carbons (Fsp3) is 0.250. The number of carbonyl (C=O) groups is 1. The zero-order chi connectivity index (χ0) is 14.1. The summed E-state index contributed by atoms with van der Waals surface area (Å²) in [6.45, 7) is 1.00. The summed E-state index contributed by atoms with van der Waals surface area (Å²) in [5.41, 5.74) is -1.33. The van der Waals surface area contributed by atoms with Gasteiger partial charge in [-0.15, -0.1) is 13.2 Å². The molecule has 1 aromatic rings. The molecule has 0 fully saturated rings. The number of ether oxygens (including phenoxy) is 1. The minimum atomic E-state index is -5.09. The maximum absolute atomic E-state index is 12.0. The van der Waals surface area contributed by atoms with Crippen LogP contribution in [0.1, 0.15) is 16.1 Å². The maximum atomic E-state index is 12.0. The van der Waals surface area contributed by atoms with E-state index in [4.69, 9.17) is 5.11 Å². The molecule has 1 heterocycles. The molecular formula is C8H5F3N2O5. The Balaban J connectivity index is 3.40. The van der Waals surface area contributed by atoms with Gasteiger partial charge in [0.05, 0.1) is 11.6 Å². The lowest BCUT2D eigenvalue weighted by molar-refractivity contribution is -0.389. The Kier molecular flexibility index (Phi) is 3.39. The molecule has 0 unspecified atom stereocenters. The highest BCUT2D eigenvalue weighted by molar-refractivity contribution is 5.88. The number of nitro groups is 1. The summed E-state index contributed by atoms with van der Waals surface area (Å²) in [5.74, 6) is -3.71. The van der Waals surface area contributed by atoms with Crippen molar-refractivity contribution in [3.05, 3.63) is 27.4 Å². The van der Waals surface area contributed by atoms with Crippen molar-refractivity contribution in [2.75, 3.05) is 0 Å². The van der Waals surface area contributed by atoms with E-state index in [-0.39, 0.29) is 0 Å². The first-order valence-electron chi connectivity index (χ1n) is 4.27. The zero-order valence-corrected chi connectivity index (χ0v) is 8.69. The third-order valence-corrected chi connectivity index (χ3v) is 1.83. The molecule has 0 aromatic carbocycles. The molecule has 18 heavy (non-hydrogen) atoms. The van der Waals surface area contributed by atoms with Crippen molar-refractivity contribution in [1.82, 2.24) is 4.98 Å². The lowest BCUT2D eigenvalue weighted by Crippen LogP contribution is -2.19. The van der Waals surface area contributed by atoms with E-state index < -0.39 is 40.1 Å². The van der Waals surface area contributed by atoms with Gasteiger partial charge in [0.15, 0.2) is 0 Å². The van der Waals surface area contributed by atoms with E-state index in [0.29, 0.717) is 6.07 Å². The molecule has 1 N–H and O–H groups in total. The molecular weight excluding hydrogens is 261 g/mol. The maximum Gasteiger partial charge on any atom is 0.573 e. The Morgan fingerprint density at radius 1 is 1.56 bits per heavy atom. The Labute approximate surface area is 97.0 Å². The zero-order valence-electron chi connectivity index (χ0n) is 8.69. The number of halogens is 3. The Bertz CT molecular complexity index is 514. The third kappa shape index (κ3) is 3.06. The van der Waals surface area contributed by atoms with Crippen molar-refractivity contribution < 1.29 is 32.7 Å². The second-order valence-corrected chi connectivity index (χ2v) is 3.06. The van der Waals surface area contributed by atoms with Gasteiger partial charge in [-0.1, -0.05) is 0 Å². The van der Waals surface area contributed by atoms with Gasteiger partial charge in [0, 0.05) is 0 Å². The average molecular weight is 266 g/mol. The molecule has 0 atom stereocenters. The first kappa shape index (κ1) is 13.7. The van der Waals surface area contributed by atoms with Crippen molar-refractivity contribution in [2.45, 2.75) is 13.3 Å². The minimum Gasteiger partial charge on any atom is -0.475 e. The lowest BCUT2D eigenvalue weighted by atomic mass is 10.2. The number of aromatic nitrogens is 1. The molecule has 0 radical (unpaired) electrons. The SMILES string of the molecule is Cc1c(OC(F)(F)F)cc([N+](=O)[O-])nc1C(=O)O. The molecule has 0 saturated heterocycles. The number of alkyl halides is 3. The van der Waals surface area contributed by atoms with Crippen LogP contribution in [0.15, 0.2) is 6.07 Å². The van der Waals surface area contributed by atoms with Crippen molar-refractivity contribution in [2.24, 2.45) is 0 Å². The highest BCUT2D eigenvalue weighted by Crippen LogP contribution is 2.30. The van der Waals surface area contributed by atoms with Crippen LogP contribution >= 0.6 is 0 Å². The van der Waals surface area contributed by atoms with Crippen LogP contribution in [0.5, 0.6) is 5.75 Å². The number of carboxylic acids is 1. The average Bonchev–Trinajstić information content (AvgIpc) is 2.18. The summed E-state index contributed by atoms with van der Waals surface area (Å²) in [5, 5.41) is 19.1. The molecule has 1 aromatic heterocycles. The number of aromatic carboxylic acids is 1. The van der Waals surface area contributed by atoms with E-state index in [1.165, 1.54) is 0 Å². The normalized spacial score (nSPS) is 11.1. The van der Waals surface area contributed by atoms with Crippen molar-refractivity contribution >= 4 is 11.8 Å². The van der Waals surface area contributed by atoms with Crippen LogP contribution in [0.4, 0.5) is 19.0 Å². The fourth-order valence-corrected chi connectivity index (χ4v) is 1.11. The highest BCUT2D eigenvalue weighted by Gasteiger charge is 2.34. The molecule has 1 rings (SSSR count). The molecule has 0 saturated carbocycles. The van der Waals surface area contributed by atoms with E-state index in [2.05, 4.69) is 9.72 Å². The second kappa shape index (κ2) is 4.47. The number of carboxylic acid groups (broad SMARTS) is 1. The highest BCUT2D eigenvalue weighted by atomic mass is 19.4. The molecule has 0 aliphatic rings. The standard InChI is InChI=1S/C8H5F3N2O5/c1-3-4(18-8(9,10)11)2-5(13(16)17)12-6(3)7(14)15/h2H,1H3,(H,14,15). The number of nitrogens with zero attached hydrogens (tertiary/aromatic N) is 2. The number of pyridine rings is 1. The van der Waals surface area contributed by atoms with Crippen molar-refractivity contribution in [1.29, 1.82) is 0 Å². The smallest absolute Gasteiger partial charge is 0.475 e. The van der Waals surface area contributed by atoms with Crippen LogP contribution in [0.2, 0.25) is 0 Å². The molecule has 0 bridgehead atoms. The van der Waals surface area contributed by atoms with Gasteiger partial charge in [-0.3, -0.25) is 0 Å². The quantitative estimate of drug-likeness (QED) is 0.662. The number of hydrogen-bond donors (Lipinski definition) is 1. The molecule has 0 amide bonds. The van der Waals surface area contributed by atoms with E-state index in [1.54, 1.807) is 0 Å². The largest absolute Gasteiger partial charge is 0.573 e. The first-order valence-corrected chi connectivity index (χ1v) is 4.27. The molecule has 0 spiro atoms. The van der Waals surface area contributed by atoms with Crippen LogP contribution < -0.4 is 4.74 Å². The van der Waals surface area contributed by atoms with Gasteiger partial charge < -0.3 is 20.0 Å². The van der Waals surface area contributed by atoms with E-state index in [0.717, 1.165) is 6.92 Å². The van der Waals surface area contributed by atoms with Crippen LogP contribution in [0, 0.1) is 17.0 Å². The number of hydrogen-bond acceptors (Lipinski definition) is 5. The Morgan fingerprint density at radius 3 is 2.50 bits per heavy atom. The summed E-state index contributed by atoms with van der Waals surface area (Å²) < 4.78 is 39.6. The molecule has 0 aliphatic heterocycles. The van der Waals surface area contributed by atoms with Crippen LogP contribution in [0.25, 0.3) is 0 Å². The van der Waals surface area contributed by atoms with Gasteiger partial charge in [-0.2, -0.15) is 0 Å². The van der Waals surface area contributed by atoms with Gasteiger partial charge in [0.1, 0.15) is 5.75 Å². The lowest BCUT2D eigenvalue weighted by Gasteiger charge is -2.10. The Morgan fingerprint density at radius 2 is 2.11 bits per heavy atom. The van der Waals surface area contributed by atoms with Crippen molar-refractivity contribution in [3.8, 4) is 5.75 Å². The summed E-state index contributed by atoms with van der Waals surface area (Å²) in [4.78, 5) is 23.1. The van der Waals surface area contributed by atoms with Gasteiger partial charge in [-0.25, -0.2) is 4.79 Å². The second-order valence-electron chi connectivity index (χ2n) is 3.06. The van der Waals surface area contributed by atoms with E-state index >= 15 is 0 Å². The third-order valence-electron chi connectivity index (χ3n) is 1.83. The molecule has 10 heteroatoms. The monoisotopic (exact) mass is 266 g/mol. The van der Waals surface area contributed by atoms with Crippen LogP contribution in [-0.4, -0.2) is 27.3 Å². The van der Waals surface area contributed by atoms with Gasteiger partial charge >= 0.3 is 18.1 Å². The van der Waals surface area contributed by atoms with E-state index in [1.807, 2.05) is 0 Å². The van der Waals surface area contributed by atoms with Crippen LogP contribution in [0.3, 0.4) is 0 Å². The molecule has 7 nitrogen and oxygen atoms in total. The van der Waals surface area contributed by atoms with Crippen molar-refractivity contribution in [3.63, 3.8) is 0 Å². The predicted octanol–water partition coefficient (Wildman–Crippen LogP) is 1.90. The first-order chi connectivity index (χ1) is 8.11. The summed E-state index contributed by atoms with van der Waals surface area (Å²) in [7, 11) is 0. The number of rotatable bonds is 3. The van der Waals surface area contributed by atoms with Gasteiger partial charge in [-0.05, 0) is 16.8 Å². The predicted molar refractivity (Wildman–Crippen MR) is 49.3 cm³/mol. The molecule has 0 aliphatic carbocycles. The summed E-state index contributed by atoms with van der Waals surface area (Å²) in [6.07, 6.45) is -5.09. The minimum absolute atomic E-state index is 0.412. The summed E-state index contributed by atoms with van der Waals surface area (Å²) in [6, 6.07) is 0.412. The Hall–Kier alpha value is -2.39. The molecule has 98 valence electrons. The van der Waals surface area contributed by atoms with Gasteiger partial charge in [0.2, 0.25) is 0 Å². The van der Waals surface area contributed by atoms with E-state index in [9.17, 15) is 28.1 Å². The van der Waals surface area contributed by atoms with Crippen LogP contribution in [-0.2, 0) is 0 Å². The topological polar surface area (TPSA) is 103 Å². The summed E-state index contributed by atoms with van der Waals surface area (Å²) >= 11 is 0. The van der Waals surface area contributed by atoms with Gasteiger partial charge in [0.25, 0.3) is 5.69 Å².